The molecule has 2 aliphatic rings. The van der Waals surface area contributed by atoms with E-state index in [2.05, 4.69) is 31.1 Å². The monoisotopic (exact) mass is 909 g/mol. The van der Waals surface area contributed by atoms with Crippen molar-refractivity contribution in [1.82, 2.24) is 30.7 Å². The summed E-state index contributed by atoms with van der Waals surface area (Å²) in [6.07, 6.45) is -0.725. The van der Waals surface area contributed by atoms with E-state index >= 15 is 0 Å². The van der Waals surface area contributed by atoms with Crippen LogP contribution in [-0.4, -0.2) is 121 Å². The maximum Gasteiger partial charge on any atom is 0.246 e. The molecule has 5 aromatic rings. The summed E-state index contributed by atoms with van der Waals surface area (Å²) in [7, 11) is 0. The molecule has 3 aromatic carbocycles. The van der Waals surface area contributed by atoms with Gasteiger partial charge in [-0.3, -0.25) is 19.5 Å². The molecule has 2 aliphatic heterocycles. The standard InChI is InChI=1S/C48H59N7O9S/c1-30(32-9-11-33(12-10-32)44-31(2)50-28-65-44)51-46(58)40-25-37(56)27-55(40)47(59)45(48(3,4)5)52-43(57)15-17-60-19-21-62-22-20-61-18-16-49-36-8-6-7-34(23-36)38-26-39(54-53-38)35-13-14-41-42(24-35)64-29-63-41/h6-14,23-24,26,28,30,37,40,45,49,56H,15-22,25,27,29H2,1-5H3,(H,51,58)(H,52,57)(H,53,54)/t30-,37+,40-,45+/m0/s1. The SMILES string of the molecule is Cc1ncsc1-c1ccc([C@H](C)NC(=O)[C@@H]2C[C@@H](O)CN2C(=O)[C@@H](NC(=O)CCOCCOCCOCCNc2cccc(-c3cc(-c4ccc5c(c4)OCO5)[nH]n3)c2)C(C)(C)C)cc1. The van der Waals surface area contributed by atoms with Gasteiger partial charge in [-0.1, -0.05) is 57.2 Å². The fraction of sp³-hybridized carbons (Fsp3) is 0.438. The van der Waals surface area contributed by atoms with Crippen LogP contribution in [0.2, 0.25) is 0 Å². The predicted molar refractivity (Wildman–Crippen MR) is 248 cm³/mol. The molecule has 0 unspecified atom stereocenters. The minimum absolute atomic E-state index is 0.00389. The van der Waals surface area contributed by atoms with E-state index < -0.39 is 29.5 Å². The number of rotatable bonds is 21. The van der Waals surface area contributed by atoms with E-state index in [4.69, 9.17) is 23.7 Å². The van der Waals surface area contributed by atoms with Gasteiger partial charge in [0.25, 0.3) is 0 Å². The van der Waals surface area contributed by atoms with Crippen LogP contribution in [0.1, 0.15) is 57.8 Å². The lowest BCUT2D eigenvalue weighted by Crippen LogP contribution is -2.58. The molecule has 4 atom stereocenters. The minimum Gasteiger partial charge on any atom is -0.454 e. The molecule has 346 valence electrons. The van der Waals surface area contributed by atoms with Crippen LogP contribution in [0.4, 0.5) is 5.69 Å². The third-order valence-corrected chi connectivity index (χ3v) is 12.3. The number of aromatic amines is 1. The molecule has 4 heterocycles. The maximum absolute atomic E-state index is 14.0. The number of thiazole rings is 1. The molecule has 7 rings (SSSR count). The fourth-order valence-electron chi connectivity index (χ4n) is 7.69. The zero-order valence-electron chi connectivity index (χ0n) is 37.6. The summed E-state index contributed by atoms with van der Waals surface area (Å²) in [6.45, 7) is 12.3. The Morgan fingerprint density at radius 3 is 2.35 bits per heavy atom. The number of fused-ring (bicyclic) bond motifs is 1. The highest BCUT2D eigenvalue weighted by molar-refractivity contribution is 7.13. The minimum atomic E-state index is -0.927. The Hall–Kier alpha value is -5.85. The van der Waals surface area contributed by atoms with Crippen molar-refractivity contribution >= 4 is 34.7 Å². The van der Waals surface area contributed by atoms with E-state index in [1.807, 2.05) is 113 Å². The number of aliphatic hydroxyl groups excluding tert-OH is 1. The average molecular weight is 910 g/mol. The van der Waals surface area contributed by atoms with Gasteiger partial charge >= 0.3 is 0 Å². The molecule has 5 N–H and O–H groups in total. The number of hydrogen-bond acceptors (Lipinski definition) is 13. The van der Waals surface area contributed by atoms with Gasteiger partial charge in [-0.25, -0.2) is 4.98 Å². The number of nitrogens with zero attached hydrogens (tertiary/aromatic N) is 3. The van der Waals surface area contributed by atoms with Crippen LogP contribution in [0.3, 0.4) is 0 Å². The first-order valence-electron chi connectivity index (χ1n) is 22.0. The highest BCUT2D eigenvalue weighted by Gasteiger charge is 2.44. The first kappa shape index (κ1) is 47.1. The van der Waals surface area contributed by atoms with E-state index in [-0.39, 0.29) is 57.2 Å². The number of ether oxygens (including phenoxy) is 5. The first-order valence-corrected chi connectivity index (χ1v) is 22.8. The Bertz CT molecular complexity index is 2380. The molecule has 1 fully saturated rings. The van der Waals surface area contributed by atoms with Crippen LogP contribution in [-0.2, 0) is 28.6 Å². The second-order valence-corrected chi connectivity index (χ2v) is 18.1. The molecular weight excluding hydrogens is 851 g/mol. The quantitative estimate of drug-likeness (QED) is 0.0530. The van der Waals surface area contributed by atoms with E-state index in [9.17, 15) is 19.5 Å². The second-order valence-electron chi connectivity index (χ2n) is 17.2. The number of aryl methyl sites for hydroxylation is 1. The molecule has 1 saturated heterocycles. The van der Waals surface area contributed by atoms with Gasteiger partial charge in [0.2, 0.25) is 24.5 Å². The van der Waals surface area contributed by atoms with Crippen molar-refractivity contribution in [1.29, 1.82) is 0 Å². The summed E-state index contributed by atoms with van der Waals surface area (Å²) in [5.74, 6) is 0.328. The Morgan fingerprint density at radius 2 is 1.62 bits per heavy atom. The summed E-state index contributed by atoms with van der Waals surface area (Å²) in [5.41, 5.74) is 8.67. The molecule has 0 spiro atoms. The maximum atomic E-state index is 14.0. The third kappa shape index (κ3) is 12.5. The molecule has 0 radical (unpaired) electrons. The normalized spacial score (nSPS) is 16.6. The number of benzene rings is 3. The lowest BCUT2D eigenvalue weighted by molar-refractivity contribution is -0.144. The van der Waals surface area contributed by atoms with Crippen LogP contribution in [0.5, 0.6) is 11.5 Å². The molecule has 3 amide bonds. The first-order chi connectivity index (χ1) is 31.3. The van der Waals surface area contributed by atoms with Crippen molar-refractivity contribution in [3.63, 3.8) is 0 Å². The predicted octanol–water partition coefficient (Wildman–Crippen LogP) is 6.13. The lowest BCUT2D eigenvalue weighted by atomic mass is 9.85. The number of amides is 3. The molecular formula is C48H59N7O9S. The smallest absolute Gasteiger partial charge is 0.246 e. The Morgan fingerprint density at radius 1 is 0.892 bits per heavy atom. The van der Waals surface area contributed by atoms with Crippen LogP contribution in [0, 0.1) is 12.3 Å². The van der Waals surface area contributed by atoms with E-state index in [0.29, 0.717) is 33.0 Å². The average Bonchev–Trinajstić information content (AvgIpc) is 4.13. The van der Waals surface area contributed by atoms with Gasteiger partial charge in [-0.05, 0) is 66.8 Å². The summed E-state index contributed by atoms with van der Waals surface area (Å²) < 4.78 is 27.9. The molecule has 0 saturated carbocycles. The van der Waals surface area contributed by atoms with Gasteiger partial charge < -0.3 is 49.6 Å². The van der Waals surface area contributed by atoms with Crippen molar-refractivity contribution in [2.45, 2.75) is 71.7 Å². The molecule has 65 heavy (non-hydrogen) atoms. The molecule has 16 nitrogen and oxygen atoms in total. The summed E-state index contributed by atoms with van der Waals surface area (Å²) in [6, 6.07) is 21.6. The van der Waals surface area contributed by atoms with E-state index in [1.165, 1.54) is 4.90 Å². The second kappa shape index (κ2) is 21.9. The molecule has 17 heteroatoms. The van der Waals surface area contributed by atoms with Crippen LogP contribution in [0.25, 0.3) is 33.0 Å². The molecule has 2 aromatic heterocycles. The van der Waals surface area contributed by atoms with Gasteiger partial charge in [-0.2, -0.15) is 5.10 Å². The number of nitrogens with one attached hydrogen (secondary N) is 4. The van der Waals surface area contributed by atoms with E-state index in [1.54, 1.807) is 11.3 Å². The van der Waals surface area contributed by atoms with Crippen molar-refractivity contribution < 1.29 is 43.2 Å². The molecule has 0 aliphatic carbocycles. The fourth-order valence-corrected chi connectivity index (χ4v) is 8.50. The van der Waals surface area contributed by atoms with Gasteiger partial charge in [0.15, 0.2) is 11.5 Å². The highest BCUT2D eigenvalue weighted by atomic mass is 32.1. The number of H-pyrrole nitrogens is 1. The topological polar surface area (TPSA) is 198 Å². The van der Waals surface area contributed by atoms with Gasteiger partial charge in [0, 0.05) is 42.7 Å². The lowest BCUT2D eigenvalue weighted by Gasteiger charge is -2.35. The largest absolute Gasteiger partial charge is 0.454 e. The zero-order chi connectivity index (χ0) is 45.9. The van der Waals surface area contributed by atoms with Crippen LogP contribution >= 0.6 is 11.3 Å². The van der Waals surface area contributed by atoms with Crippen molar-refractivity contribution in [3.05, 3.63) is 89.6 Å². The Kier molecular flexibility index (Phi) is 15.9. The summed E-state index contributed by atoms with van der Waals surface area (Å²) in [5, 5.41) is 27.5. The van der Waals surface area contributed by atoms with Crippen LogP contribution < -0.4 is 25.4 Å². The Labute approximate surface area is 383 Å². The van der Waals surface area contributed by atoms with Gasteiger partial charge in [0.05, 0.1) is 79.3 Å². The van der Waals surface area contributed by atoms with E-state index in [0.717, 1.165) is 61.4 Å². The number of aliphatic hydroxyl groups is 1. The summed E-state index contributed by atoms with van der Waals surface area (Å²) in [4.78, 5) is 47.5. The zero-order valence-corrected chi connectivity index (χ0v) is 38.4. The van der Waals surface area contributed by atoms with Crippen molar-refractivity contribution in [3.8, 4) is 44.5 Å². The number of likely N-dealkylation sites (tertiary alicyclic amines) is 1. The van der Waals surface area contributed by atoms with Gasteiger partial charge in [0.1, 0.15) is 12.1 Å². The number of carbonyl (C=O) groups excluding carboxylic acids is 3. The molecule has 0 bridgehead atoms. The van der Waals surface area contributed by atoms with Crippen molar-refractivity contribution in [2.75, 3.05) is 64.8 Å². The third-order valence-electron chi connectivity index (χ3n) is 11.3. The highest BCUT2D eigenvalue weighted by Crippen LogP contribution is 2.36. The number of β-amino-alcohol motifs (C(OH)–C–C–N with tert-alkyl or cyclic N) is 1. The number of carbonyl (C=O) groups is 3. The van der Waals surface area contributed by atoms with Gasteiger partial charge in [-0.15, -0.1) is 11.3 Å². The number of aromatic nitrogens is 3. The van der Waals surface area contributed by atoms with Crippen LogP contribution in [0.15, 0.2) is 78.3 Å². The summed E-state index contributed by atoms with van der Waals surface area (Å²) >= 11 is 1.58. The number of anilines is 1. The van der Waals surface area contributed by atoms with Crippen molar-refractivity contribution in [2.24, 2.45) is 5.41 Å². The number of hydrogen-bond donors (Lipinski definition) is 5. The Balaban J connectivity index is 0.760.